The summed E-state index contributed by atoms with van der Waals surface area (Å²) in [5.74, 6) is 0.466. The van der Waals surface area contributed by atoms with Crippen LogP contribution < -0.4 is 4.74 Å². The van der Waals surface area contributed by atoms with Gasteiger partial charge in [0, 0.05) is 13.1 Å². The minimum atomic E-state index is -0.862. The van der Waals surface area contributed by atoms with E-state index in [4.69, 9.17) is 4.74 Å². The Morgan fingerprint density at radius 1 is 1.28 bits per heavy atom. The average molecular weight is 251 g/mol. The summed E-state index contributed by atoms with van der Waals surface area (Å²) in [4.78, 5) is 13.3. The number of aliphatic hydroxyl groups excluding tert-OH is 2. The third-order valence-corrected chi connectivity index (χ3v) is 3.00. The van der Waals surface area contributed by atoms with Gasteiger partial charge in [0.05, 0.1) is 12.2 Å². The molecule has 0 bridgehead atoms. The van der Waals surface area contributed by atoms with Gasteiger partial charge in [-0.1, -0.05) is 18.2 Å². The van der Waals surface area contributed by atoms with Gasteiger partial charge in [-0.15, -0.1) is 0 Å². The molecule has 2 rings (SSSR count). The van der Waals surface area contributed by atoms with Crippen LogP contribution in [0, 0.1) is 0 Å². The molecule has 2 atom stereocenters. The molecule has 1 amide bonds. The maximum atomic E-state index is 11.8. The zero-order valence-corrected chi connectivity index (χ0v) is 10.0. The number of ether oxygens (including phenoxy) is 1. The van der Waals surface area contributed by atoms with Crippen LogP contribution in [0.4, 0.5) is 0 Å². The van der Waals surface area contributed by atoms with Gasteiger partial charge in [0.1, 0.15) is 5.75 Å². The van der Waals surface area contributed by atoms with Gasteiger partial charge in [-0.2, -0.15) is 0 Å². The predicted octanol–water partition coefficient (Wildman–Crippen LogP) is 0.0195. The number of hydrogen-bond donors (Lipinski definition) is 2. The molecule has 0 saturated carbocycles. The minimum absolute atomic E-state index is 0.0488. The van der Waals surface area contributed by atoms with Crippen LogP contribution in [-0.4, -0.2) is 52.9 Å². The third-order valence-electron chi connectivity index (χ3n) is 3.00. The summed E-state index contributed by atoms with van der Waals surface area (Å²) in [5.41, 5.74) is 0. The second-order valence-electron chi connectivity index (χ2n) is 4.36. The molecule has 18 heavy (non-hydrogen) atoms. The van der Waals surface area contributed by atoms with Crippen molar-refractivity contribution in [3.63, 3.8) is 0 Å². The van der Waals surface area contributed by atoms with E-state index < -0.39 is 12.2 Å². The van der Waals surface area contributed by atoms with Crippen LogP contribution in [-0.2, 0) is 4.79 Å². The van der Waals surface area contributed by atoms with E-state index >= 15 is 0 Å². The van der Waals surface area contributed by atoms with Crippen LogP contribution in [0.1, 0.15) is 6.42 Å². The Kier molecular flexibility index (Phi) is 4.17. The van der Waals surface area contributed by atoms with E-state index in [0.29, 0.717) is 18.7 Å². The van der Waals surface area contributed by atoms with Crippen molar-refractivity contribution < 1.29 is 19.7 Å². The molecule has 1 aliphatic rings. The fraction of sp³-hybridized carbons (Fsp3) is 0.462. The number of amides is 1. The molecule has 1 aliphatic heterocycles. The largest absolute Gasteiger partial charge is 0.484 e. The molecule has 0 spiro atoms. The molecular formula is C13H17NO4. The van der Waals surface area contributed by atoms with Crippen molar-refractivity contribution in [2.24, 2.45) is 0 Å². The number of benzene rings is 1. The number of rotatable bonds is 3. The molecule has 0 aromatic heterocycles. The number of nitrogens with zero attached hydrogens (tertiary/aromatic N) is 1. The number of para-hydroxylation sites is 1. The van der Waals surface area contributed by atoms with Gasteiger partial charge >= 0.3 is 0 Å². The normalized spacial score (nSPS) is 23.8. The standard InChI is InChI=1S/C13H17NO4/c15-11-6-7-14(8-12(11)16)13(17)9-18-10-4-2-1-3-5-10/h1-5,11-12,15-16H,6-9H2/t11-,12-/m0/s1. The highest BCUT2D eigenvalue weighted by molar-refractivity contribution is 5.77. The number of β-amino-alcohol motifs (C(OH)–C–C–N with tert-alkyl or cyclic N) is 1. The molecule has 1 heterocycles. The summed E-state index contributed by atoms with van der Waals surface area (Å²) in [6, 6.07) is 9.10. The zero-order chi connectivity index (χ0) is 13.0. The van der Waals surface area contributed by atoms with Crippen LogP contribution in [0.15, 0.2) is 30.3 Å². The highest BCUT2D eigenvalue weighted by Gasteiger charge is 2.28. The van der Waals surface area contributed by atoms with E-state index in [2.05, 4.69) is 0 Å². The first kappa shape index (κ1) is 12.9. The predicted molar refractivity (Wildman–Crippen MR) is 65.1 cm³/mol. The number of carbonyl (C=O) groups excluding carboxylic acids is 1. The van der Waals surface area contributed by atoms with E-state index in [9.17, 15) is 15.0 Å². The van der Waals surface area contributed by atoms with Crippen LogP contribution in [0.5, 0.6) is 5.75 Å². The van der Waals surface area contributed by atoms with Crippen LogP contribution in [0.2, 0.25) is 0 Å². The van der Waals surface area contributed by atoms with Crippen molar-refractivity contribution in [3.8, 4) is 5.75 Å². The molecule has 5 heteroatoms. The Balaban J connectivity index is 1.82. The summed E-state index contributed by atoms with van der Waals surface area (Å²) >= 11 is 0. The van der Waals surface area contributed by atoms with Crippen molar-refractivity contribution in [1.82, 2.24) is 4.90 Å². The Hall–Kier alpha value is -1.59. The number of hydrogen-bond acceptors (Lipinski definition) is 4. The lowest BCUT2D eigenvalue weighted by atomic mass is 10.1. The summed E-state index contributed by atoms with van der Waals surface area (Å²) in [6.07, 6.45) is -1.19. The molecule has 2 N–H and O–H groups in total. The fourth-order valence-corrected chi connectivity index (χ4v) is 1.90. The Morgan fingerprint density at radius 2 is 2.00 bits per heavy atom. The lowest BCUT2D eigenvalue weighted by Crippen LogP contribution is -2.50. The molecule has 5 nitrogen and oxygen atoms in total. The summed E-state index contributed by atoms with van der Waals surface area (Å²) in [5, 5.41) is 18.9. The second kappa shape index (κ2) is 5.84. The zero-order valence-electron chi connectivity index (χ0n) is 10.0. The van der Waals surface area contributed by atoms with Gasteiger partial charge in [-0.3, -0.25) is 4.79 Å². The Labute approximate surface area is 106 Å². The number of likely N-dealkylation sites (tertiary alicyclic amines) is 1. The van der Waals surface area contributed by atoms with Crippen molar-refractivity contribution in [3.05, 3.63) is 30.3 Å². The lowest BCUT2D eigenvalue weighted by molar-refractivity contribution is -0.139. The second-order valence-corrected chi connectivity index (χ2v) is 4.36. The molecule has 1 saturated heterocycles. The molecule has 0 aliphatic carbocycles. The van der Waals surface area contributed by atoms with Gasteiger partial charge in [-0.05, 0) is 18.6 Å². The van der Waals surface area contributed by atoms with Gasteiger partial charge in [0.2, 0.25) is 0 Å². The molecule has 1 aromatic rings. The van der Waals surface area contributed by atoms with Gasteiger partial charge in [0.25, 0.3) is 5.91 Å². The van der Waals surface area contributed by atoms with Crippen LogP contribution in [0.25, 0.3) is 0 Å². The lowest BCUT2D eigenvalue weighted by Gasteiger charge is -2.33. The van der Waals surface area contributed by atoms with Crippen molar-refractivity contribution in [2.45, 2.75) is 18.6 Å². The fourth-order valence-electron chi connectivity index (χ4n) is 1.90. The van der Waals surface area contributed by atoms with Crippen LogP contribution in [0.3, 0.4) is 0 Å². The minimum Gasteiger partial charge on any atom is -0.484 e. The first-order chi connectivity index (χ1) is 8.66. The summed E-state index contributed by atoms with van der Waals surface area (Å²) in [7, 11) is 0. The number of aliphatic hydroxyl groups is 2. The molecule has 98 valence electrons. The average Bonchev–Trinajstić information content (AvgIpc) is 2.40. The van der Waals surface area contributed by atoms with Gasteiger partial charge < -0.3 is 19.8 Å². The van der Waals surface area contributed by atoms with Crippen molar-refractivity contribution in [2.75, 3.05) is 19.7 Å². The molecule has 1 aromatic carbocycles. The monoisotopic (exact) mass is 251 g/mol. The molecule has 1 fully saturated rings. The molecule has 0 radical (unpaired) electrons. The Morgan fingerprint density at radius 3 is 2.67 bits per heavy atom. The number of carbonyl (C=O) groups is 1. The van der Waals surface area contributed by atoms with Gasteiger partial charge in [-0.25, -0.2) is 0 Å². The first-order valence-electron chi connectivity index (χ1n) is 5.98. The quantitative estimate of drug-likeness (QED) is 0.794. The smallest absolute Gasteiger partial charge is 0.260 e. The van der Waals surface area contributed by atoms with E-state index in [1.54, 1.807) is 12.1 Å². The maximum absolute atomic E-state index is 11.8. The van der Waals surface area contributed by atoms with Crippen molar-refractivity contribution >= 4 is 5.91 Å². The van der Waals surface area contributed by atoms with E-state index in [0.717, 1.165) is 0 Å². The SMILES string of the molecule is O=C(COc1ccccc1)N1CC[C@H](O)[C@@H](O)C1. The molecular weight excluding hydrogens is 234 g/mol. The third kappa shape index (κ3) is 3.21. The number of piperidine rings is 1. The topological polar surface area (TPSA) is 70.0 Å². The van der Waals surface area contributed by atoms with E-state index in [1.807, 2.05) is 18.2 Å². The van der Waals surface area contributed by atoms with Gasteiger partial charge in [0.15, 0.2) is 6.61 Å². The molecule has 0 unspecified atom stereocenters. The summed E-state index contributed by atoms with van der Waals surface area (Å²) in [6.45, 7) is 0.570. The highest BCUT2D eigenvalue weighted by Crippen LogP contribution is 2.12. The van der Waals surface area contributed by atoms with E-state index in [-0.39, 0.29) is 19.1 Å². The van der Waals surface area contributed by atoms with E-state index in [1.165, 1.54) is 4.90 Å². The van der Waals surface area contributed by atoms with Crippen molar-refractivity contribution in [1.29, 1.82) is 0 Å². The first-order valence-corrected chi connectivity index (χ1v) is 5.98. The summed E-state index contributed by atoms with van der Waals surface area (Å²) < 4.78 is 5.35. The Bertz CT molecular complexity index is 395. The van der Waals surface area contributed by atoms with Crippen LogP contribution >= 0.6 is 0 Å². The highest BCUT2D eigenvalue weighted by atomic mass is 16.5. The maximum Gasteiger partial charge on any atom is 0.260 e.